The number of nitrogens with zero attached hydrogens (tertiary/aromatic N) is 2. The lowest BCUT2D eigenvalue weighted by Crippen LogP contribution is -1.93. The zero-order valence-electron chi connectivity index (χ0n) is 26.2. The van der Waals surface area contributed by atoms with Crippen LogP contribution in [0, 0.1) is 15.8 Å². The molecule has 0 aliphatic heterocycles. The second kappa shape index (κ2) is 25.4. The van der Waals surface area contributed by atoms with Crippen LogP contribution in [0.25, 0.3) is 0 Å². The van der Waals surface area contributed by atoms with Gasteiger partial charge in [0.15, 0.2) is 3.95 Å². The Balaban J connectivity index is 0.000000400. The third kappa shape index (κ3) is 23.4. The fourth-order valence-electron chi connectivity index (χ4n) is 4.87. The number of unbranched alkanes of at least 4 members (excludes halogenated alkanes) is 16. The predicted octanol–water partition coefficient (Wildman–Crippen LogP) is 10.8. The van der Waals surface area contributed by atoms with Gasteiger partial charge in [0.05, 0.1) is 0 Å². The molecule has 232 valence electrons. The standard InChI is InChI=1S/C16H30N2O2.C16H30N2S2/c2*1-14(2)12-10-8-6-4-3-5-7-9-11-13-15-17-18-16(19)20-15/h2*14H,3-13H2,1-2H3,(H,18,19). The van der Waals surface area contributed by atoms with Gasteiger partial charge in [-0.15, -0.1) is 5.10 Å². The van der Waals surface area contributed by atoms with Crippen molar-refractivity contribution in [3.63, 3.8) is 0 Å². The van der Waals surface area contributed by atoms with Gasteiger partial charge in [0, 0.05) is 12.8 Å². The van der Waals surface area contributed by atoms with Crippen molar-refractivity contribution in [2.75, 3.05) is 0 Å². The first-order valence-electron chi connectivity index (χ1n) is 16.5. The van der Waals surface area contributed by atoms with Crippen LogP contribution in [0.5, 0.6) is 0 Å². The Kier molecular flexibility index (Phi) is 23.4. The molecule has 0 aliphatic carbocycles. The predicted molar refractivity (Wildman–Crippen MR) is 174 cm³/mol. The summed E-state index contributed by atoms with van der Waals surface area (Å²) in [5.41, 5.74) is 0. The minimum absolute atomic E-state index is 0.447. The Labute approximate surface area is 253 Å². The van der Waals surface area contributed by atoms with E-state index in [4.69, 9.17) is 16.6 Å². The zero-order chi connectivity index (χ0) is 29.3. The first kappa shape index (κ1) is 36.7. The third-order valence-corrected chi connectivity index (χ3v) is 8.46. The minimum Gasteiger partial charge on any atom is -0.393 e. The van der Waals surface area contributed by atoms with Crippen molar-refractivity contribution in [1.82, 2.24) is 20.4 Å². The van der Waals surface area contributed by atoms with Crippen LogP contribution in [0.15, 0.2) is 9.21 Å². The fraction of sp³-hybridized carbons (Fsp3) is 0.875. The average Bonchev–Trinajstić information content (AvgIpc) is 3.53. The highest BCUT2D eigenvalue weighted by molar-refractivity contribution is 7.73. The summed E-state index contributed by atoms with van der Waals surface area (Å²) in [6.07, 6.45) is 28.9. The number of hydrogen-bond acceptors (Lipinski definition) is 6. The van der Waals surface area contributed by atoms with Crippen LogP contribution >= 0.6 is 23.6 Å². The van der Waals surface area contributed by atoms with Crippen LogP contribution in [-0.4, -0.2) is 20.4 Å². The molecule has 0 spiro atoms. The molecule has 2 aromatic heterocycles. The van der Waals surface area contributed by atoms with Gasteiger partial charge in [-0.3, -0.25) is 5.10 Å². The second-order valence-electron chi connectivity index (χ2n) is 12.2. The Morgan fingerprint density at radius 3 is 1.43 bits per heavy atom. The van der Waals surface area contributed by atoms with Crippen molar-refractivity contribution in [2.45, 2.75) is 169 Å². The van der Waals surface area contributed by atoms with Crippen LogP contribution < -0.4 is 5.76 Å². The lowest BCUT2D eigenvalue weighted by molar-refractivity contribution is 0.449. The largest absolute Gasteiger partial charge is 0.434 e. The highest BCUT2D eigenvalue weighted by atomic mass is 32.1. The van der Waals surface area contributed by atoms with Crippen molar-refractivity contribution in [2.24, 2.45) is 11.8 Å². The summed E-state index contributed by atoms with van der Waals surface area (Å²) >= 11 is 6.64. The van der Waals surface area contributed by atoms with Gasteiger partial charge in [0.25, 0.3) is 0 Å². The van der Waals surface area contributed by atoms with E-state index in [1.165, 1.54) is 127 Å². The van der Waals surface area contributed by atoms with Crippen LogP contribution in [0.3, 0.4) is 0 Å². The summed E-state index contributed by atoms with van der Waals surface area (Å²) in [6, 6.07) is 0. The molecule has 0 aromatic carbocycles. The number of nitrogens with one attached hydrogen (secondary N) is 2. The van der Waals surface area contributed by atoms with E-state index in [1.54, 1.807) is 11.3 Å². The molecule has 0 fully saturated rings. The number of rotatable bonds is 24. The Morgan fingerprint density at radius 1 is 0.625 bits per heavy atom. The topological polar surface area (TPSA) is 87.6 Å². The highest BCUT2D eigenvalue weighted by Crippen LogP contribution is 2.15. The lowest BCUT2D eigenvalue weighted by Gasteiger charge is -2.04. The van der Waals surface area contributed by atoms with Crippen molar-refractivity contribution < 1.29 is 4.42 Å². The monoisotopic (exact) mass is 596 g/mol. The highest BCUT2D eigenvalue weighted by Gasteiger charge is 2.01. The minimum atomic E-state index is -0.447. The molecular weight excluding hydrogens is 537 g/mol. The smallest absolute Gasteiger partial charge is 0.393 e. The molecule has 0 unspecified atom stereocenters. The van der Waals surface area contributed by atoms with Crippen molar-refractivity contribution in [3.8, 4) is 0 Å². The fourth-order valence-corrected chi connectivity index (χ4v) is 5.84. The van der Waals surface area contributed by atoms with Gasteiger partial charge in [-0.25, -0.2) is 9.89 Å². The van der Waals surface area contributed by atoms with Gasteiger partial charge in [0.1, 0.15) is 5.01 Å². The number of aromatic amines is 2. The molecule has 0 radical (unpaired) electrons. The van der Waals surface area contributed by atoms with Crippen LogP contribution in [0.2, 0.25) is 0 Å². The molecule has 2 rings (SSSR count). The molecule has 8 heteroatoms. The second-order valence-corrected chi connectivity index (χ2v) is 14.0. The summed E-state index contributed by atoms with van der Waals surface area (Å²) in [5, 5.41) is 14.3. The maximum Gasteiger partial charge on any atom is 0.434 e. The molecule has 0 saturated heterocycles. The summed E-state index contributed by atoms with van der Waals surface area (Å²) in [7, 11) is 0. The van der Waals surface area contributed by atoms with Crippen molar-refractivity contribution in [1.29, 1.82) is 0 Å². The quantitative estimate of drug-likeness (QED) is 0.0929. The molecule has 0 bridgehead atoms. The van der Waals surface area contributed by atoms with Crippen LogP contribution in [0.1, 0.15) is 167 Å². The maximum atomic E-state index is 10.7. The number of H-pyrrole nitrogens is 2. The maximum absolute atomic E-state index is 10.7. The van der Waals surface area contributed by atoms with Gasteiger partial charge in [-0.1, -0.05) is 155 Å². The SMILES string of the molecule is CC(C)CCCCCCCCCCCc1n[nH]c(=O)o1.CC(C)CCCCCCCCCCCc1n[nH]c(=S)s1. The lowest BCUT2D eigenvalue weighted by atomic mass is 10.0. The number of aryl methyl sites for hydroxylation is 2. The molecule has 2 aromatic rings. The molecule has 2 N–H and O–H groups in total. The first-order valence-corrected chi connectivity index (χ1v) is 17.7. The van der Waals surface area contributed by atoms with E-state index in [-0.39, 0.29) is 0 Å². The van der Waals surface area contributed by atoms with Gasteiger partial charge in [-0.05, 0) is 36.9 Å². The first-order chi connectivity index (χ1) is 19.4. The molecule has 6 nitrogen and oxygen atoms in total. The third-order valence-electron chi connectivity index (χ3n) is 7.31. The Bertz CT molecular complexity index is 842. The van der Waals surface area contributed by atoms with E-state index < -0.39 is 5.76 Å². The van der Waals surface area contributed by atoms with E-state index >= 15 is 0 Å². The summed E-state index contributed by atoms with van der Waals surface area (Å²) in [4.78, 5) is 10.7. The van der Waals surface area contributed by atoms with Crippen LogP contribution in [-0.2, 0) is 12.8 Å². The zero-order valence-corrected chi connectivity index (χ0v) is 27.9. The van der Waals surface area contributed by atoms with Crippen LogP contribution in [0.4, 0.5) is 0 Å². The molecule has 2 heterocycles. The van der Waals surface area contributed by atoms with Gasteiger partial charge in [-0.2, -0.15) is 5.10 Å². The van der Waals surface area contributed by atoms with Crippen molar-refractivity contribution in [3.05, 3.63) is 25.4 Å². The molecular formula is C32H60N4O2S2. The van der Waals surface area contributed by atoms with E-state index in [2.05, 4.69) is 48.1 Å². The van der Waals surface area contributed by atoms with E-state index in [0.29, 0.717) is 5.89 Å². The summed E-state index contributed by atoms with van der Waals surface area (Å²) < 4.78 is 5.66. The Morgan fingerprint density at radius 2 is 1.05 bits per heavy atom. The van der Waals surface area contributed by atoms with Crippen molar-refractivity contribution >= 4 is 23.6 Å². The normalized spacial score (nSPS) is 11.3. The molecule has 0 amide bonds. The number of hydrogen-bond donors (Lipinski definition) is 2. The number of aromatic nitrogens is 4. The summed E-state index contributed by atoms with van der Waals surface area (Å²) in [5.74, 6) is 1.83. The molecule has 0 aliphatic rings. The van der Waals surface area contributed by atoms with Gasteiger partial charge >= 0.3 is 5.76 Å². The molecule has 0 atom stereocenters. The Hall–Kier alpha value is -1.28. The molecule has 0 saturated carbocycles. The summed E-state index contributed by atoms with van der Waals surface area (Å²) in [6.45, 7) is 9.24. The van der Waals surface area contributed by atoms with E-state index in [0.717, 1.165) is 35.1 Å². The average molecular weight is 597 g/mol. The van der Waals surface area contributed by atoms with Gasteiger partial charge < -0.3 is 4.42 Å². The van der Waals surface area contributed by atoms with E-state index in [1.807, 2.05) is 0 Å². The van der Waals surface area contributed by atoms with Gasteiger partial charge in [0.2, 0.25) is 5.89 Å². The van der Waals surface area contributed by atoms with E-state index in [9.17, 15) is 4.79 Å². The molecule has 40 heavy (non-hydrogen) atoms.